The summed E-state index contributed by atoms with van der Waals surface area (Å²) in [5.41, 5.74) is 1.58. The summed E-state index contributed by atoms with van der Waals surface area (Å²) in [5, 5.41) is 6.62. The van der Waals surface area contributed by atoms with E-state index < -0.39 is 0 Å². The van der Waals surface area contributed by atoms with Gasteiger partial charge in [-0.2, -0.15) is 0 Å². The van der Waals surface area contributed by atoms with E-state index in [-0.39, 0.29) is 29.4 Å². The van der Waals surface area contributed by atoms with Gasteiger partial charge in [0.1, 0.15) is 0 Å². The second kappa shape index (κ2) is 12.1. The van der Waals surface area contributed by atoms with Crippen molar-refractivity contribution < 1.29 is 9.47 Å². The Morgan fingerprint density at radius 1 is 1.24 bits per heavy atom. The summed E-state index contributed by atoms with van der Waals surface area (Å²) in [5.74, 6) is 0.856. The van der Waals surface area contributed by atoms with Crippen LogP contribution in [0.25, 0.3) is 0 Å². The fourth-order valence-electron chi connectivity index (χ4n) is 2.57. The SMILES string of the molecule is CCNC(=NCC1(c2cccc(Br)c2)CC1)NCCOCCOC.I. The van der Waals surface area contributed by atoms with E-state index in [9.17, 15) is 0 Å². The second-order valence-corrected chi connectivity index (χ2v) is 6.93. The lowest BCUT2D eigenvalue weighted by Gasteiger charge is -2.16. The highest BCUT2D eigenvalue weighted by Gasteiger charge is 2.44. The zero-order valence-corrected chi connectivity index (χ0v) is 18.9. The maximum absolute atomic E-state index is 5.47. The van der Waals surface area contributed by atoms with Crippen LogP contribution in [0.3, 0.4) is 0 Å². The molecule has 2 rings (SSSR count). The van der Waals surface area contributed by atoms with E-state index in [4.69, 9.17) is 14.5 Å². The number of nitrogens with one attached hydrogen (secondary N) is 2. The Morgan fingerprint density at radius 2 is 2.04 bits per heavy atom. The maximum atomic E-state index is 5.47. The normalized spacial score (nSPS) is 15.4. The summed E-state index contributed by atoms with van der Waals surface area (Å²) >= 11 is 3.56. The van der Waals surface area contributed by atoms with Crippen LogP contribution in [0.2, 0.25) is 0 Å². The number of aliphatic imine (C=N–C) groups is 1. The molecule has 1 aliphatic carbocycles. The first kappa shape index (κ1) is 22.7. The molecule has 0 unspecified atom stereocenters. The molecule has 0 saturated heterocycles. The monoisotopic (exact) mass is 525 g/mol. The van der Waals surface area contributed by atoms with Crippen LogP contribution < -0.4 is 10.6 Å². The number of hydrogen-bond donors (Lipinski definition) is 2. The van der Waals surface area contributed by atoms with Gasteiger partial charge in [-0.15, -0.1) is 24.0 Å². The number of nitrogens with zero attached hydrogens (tertiary/aromatic N) is 1. The van der Waals surface area contributed by atoms with E-state index in [1.165, 1.54) is 18.4 Å². The molecule has 1 saturated carbocycles. The summed E-state index contributed by atoms with van der Waals surface area (Å²) in [6, 6.07) is 8.59. The molecule has 0 atom stereocenters. The van der Waals surface area contributed by atoms with Crippen LogP contribution in [0.1, 0.15) is 25.3 Å². The molecule has 7 heteroatoms. The third kappa shape index (κ3) is 7.80. The van der Waals surface area contributed by atoms with Gasteiger partial charge in [-0.1, -0.05) is 28.1 Å². The molecule has 2 N–H and O–H groups in total. The lowest BCUT2D eigenvalue weighted by atomic mass is 9.96. The van der Waals surface area contributed by atoms with Crippen LogP contribution in [-0.2, 0) is 14.9 Å². The van der Waals surface area contributed by atoms with E-state index in [1.54, 1.807) is 7.11 Å². The molecule has 1 fully saturated rings. The minimum atomic E-state index is 0. The summed E-state index contributed by atoms with van der Waals surface area (Å²) in [4.78, 5) is 4.79. The largest absolute Gasteiger partial charge is 0.382 e. The number of guanidine groups is 1. The molecule has 1 aromatic rings. The van der Waals surface area contributed by atoms with Crippen molar-refractivity contribution in [2.75, 3.05) is 46.6 Å². The Kier molecular flexibility index (Phi) is 11.0. The van der Waals surface area contributed by atoms with Crippen LogP contribution in [-0.4, -0.2) is 52.5 Å². The molecule has 0 bridgehead atoms. The topological polar surface area (TPSA) is 54.9 Å². The number of rotatable bonds is 10. The Hall–Kier alpha value is -0.380. The molecular formula is C18H29BrIN3O2. The average molecular weight is 526 g/mol. The number of halogens is 2. The summed E-state index contributed by atoms with van der Waals surface area (Å²) in [7, 11) is 1.68. The van der Waals surface area contributed by atoms with E-state index in [2.05, 4.69) is 57.8 Å². The van der Waals surface area contributed by atoms with E-state index in [0.717, 1.165) is 30.1 Å². The van der Waals surface area contributed by atoms with Crippen molar-refractivity contribution in [3.8, 4) is 0 Å². The standard InChI is InChI=1S/C18H28BrN3O2.HI/c1-3-20-17(21-9-10-24-12-11-23-2)22-14-18(7-8-18)15-5-4-6-16(19)13-15;/h4-6,13H,3,7-12,14H2,1-2H3,(H2,20,21,22);1H. The first-order valence-electron chi connectivity index (χ1n) is 8.55. The minimum absolute atomic E-state index is 0. The van der Waals surface area contributed by atoms with Crippen molar-refractivity contribution in [3.63, 3.8) is 0 Å². The average Bonchev–Trinajstić information content (AvgIpc) is 3.37. The van der Waals surface area contributed by atoms with Gasteiger partial charge in [-0.25, -0.2) is 0 Å². The first-order chi connectivity index (χ1) is 11.7. The molecule has 0 aliphatic heterocycles. The highest BCUT2D eigenvalue weighted by Crippen LogP contribution is 2.48. The van der Waals surface area contributed by atoms with Gasteiger partial charge in [0.25, 0.3) is 0 Å². The fourth-order valence-corrected chi connectivity index (χ4v) is 2.96. The van der Waals surface area contributed by atoms with E-state index in [1.807, 2.05) is 0 Å². The third-order valence-corrected chi connectivity index (χ3v) is 4.64. The molecule has 0 heterocycles. The van der Waals surface area contributed by atoms with Gasteiger partial charge in [0.2, 0.25) is 0 Å². The van der Waals surface area contributed by atoms with Gasteiger partial charge in [0.05, 0.1) is 26.4 Å². The van der Waals surface area contributed by atoms with Crippen molar-refractivity contribution in [2.24, 2.45) is 4.99 Å². The van der Waals surface area contributed by atoms with Crippen LogP contribution in [0.15, 0.2) is 33.7 Å². The molecule has 5 nitrogen and oxygen atoms in total. The van der Waals surface area contributed by atoms with Crippen molar-refractivity contribution >= 4 is 45.9 Å². The quantitative estimate of drug-likeness (QED) is 0.213. The Labute approximate surface area is 176 Å². The highest BCUT2D eigenvalue weighted by molar-refractivity contribution is 14.0. The number of methoxy groups -OCH3 is 1. The zero-order chi connectivity index (χ0) is 17.3. The van der Waals surface area contributed by atoms with Gasteiger partial charge in [-0.3, -0.25) is 4.99 Å². The molecule has 1 aliphatic rings. The van der Waals surface area contributed by atoms with Gasteiger partial charge in [-0.05, 0) is 37.5 Å². The molecule has 1 aromatic carbocycles. The van der Waals surface area contributed by atoms with Crippen LogP contribution in [0, 0.1) is 0 Å². The Bertz CT molecular complexity index is 539. The van der Waals surface area contributed by atoms with E-state index in [0.29, 0.717) is 19.8 Å². The van der Waals surface area contributed by atoms with Gasteiger partial charge in [0, 0.05) is 30.1 Å². The Morgan fingerprint density at radius 3 is 2.68 bits per heavy atom. The van der Waals surface area contributed by atoms with Crippen LogP contribution in [0.5, 0.6) is 0 Å². The third-order valence-electron chi connectivity index (χ3n) is 4.15. The smallest absolute Gasteiger partial charge is 0.191 e. The van der Waals surface area contributed by atoms with Crippen molar-refractivity contribution in [1.82, 2.24) is 10.6 Å². The molecule has 142 valence electrons. The number of benzene rings is 1. The maximum Gasteiger partial charge on any atom is 0.191 e. The molecule has 0 spiro atoms. The minimum Gasteiger partial charge on any atom is -0.382 e. The van der Waals surface area contributed by atoms with Crippen molar-refractivity contribution in [2.45, 2.75) is 25.2 Å². The molecular weight excluding hydrogens is 497 g/mol. The molecule has 0 amide bonds. The van der Waals surface area contributed by atoms with Gasteiger partial charge < -0.3 is 20.1 Å². The van der Waals surface area contributed by atoms with Crippen LogP contribution >= 0.6 is 39.9 Å². The fraction of sp³-hybridized carbons (Fsp3) is 0.611. The Balaban J connectivity index is 0.00000312. The van der Waals surface area contributed by atoms with Gasteiger partial charge in [0.15, 0.2) is 5.96 Å². The number of hydrogen-bond acceptors (Lipinski definition) is 3. The second-order valence-electron chi connectivity index (χ2n) is 6.02. The van der Waals surface area contributed by atoms with Crippen molar-refractivity contribution in [3.05, 3.63) is 34.3 Å². The molecule has 0 aromatic heterocycles. The molecule has 25 heavy (non-hydrogen) atoms. The van der Waals surface area contributed by atoms with Crippen LogP contribution in [0.4, 0.5) is 0 Å². The summed E-state index contributed by atoms with van der Waals surface area (Å²) in [6.07, 6.45) is 2.40. The predicted octanol–water partition coefficient (Wildman–Crippen LogP) is 3.32. The zero-order valence-electron chi connectivity index (χ0n) is 15.0. The highest BCUT2D eigenvalue weighted by atomic mass is 127. The van der Waals surface area contributed by atoms with Gasteiger partial charge >= 0.3 is 0 Å². The van der Waals surface area contributed by atoms with E-state index >= 15 is 0 Å². The molecule has 0 radical (unpaired) electrons. The predicted molar refractivity (Wildman–Crippen MR) is 117 cm³/mol. The first-order valence-corrected chi connectivity index (χ1v) is 9.34. The summed E-state index contributed by atoms with van der Waals surface area (Å²) < 4.78 is 11.6. The lowest BCUT2D eigenvalue weighted by Crippen LogP contribution is -2.39. The lowest BCUT2D eigenvalue weighted by molar-refractivity contribution is 0.0733. The number of ether oxygens (including phenoxy) is 2. The summed E-state index contributed by atoms with van der Waals surface area (Å²) in [6.45, 7) is 6.36. The van der Waals surface area contributed by atoms with Crippen molar-refractivity contribution in [1.29, 1.82) is 0 Å².